The second-order valence-corrected chi connectivity index (χ2v) is 8.15. The largest absolute Gasteiger partial charge is 0.338 e. The van der Waals surface area contributed by atoms with Crippen LogP contribution in [0.1, 0.15) is 11.3 Å². The van der Waals surface area contributed by atoms with Crippen molar-refractivity contribution in [1.29, 1.82) is 0 Å². The number of rotatable bonds is 6. The molecule has 6 nitrogen and oxygen atoms in total. The predicted octanol–water partition coefficient (Wildman–Crippen LogP) is 3.30. The van der Waals surface area contributed by atoms with Crippen molar-refractivity contribution in [1.82, 2.24) is 15.1 Å². The highest BCUT2D eigenvalue weighted by Gasteiger charge is 2.20. The third-order valence-electron chi connectivity index (χ3n) is 4.62. The maximum atomic E-state index is 12.4. The summed E-state index contributed by atoms with van der Waals surface area (Å²) in [5, 5.41) is 8.41. The summed E-state index contributed by atoms with van der Waals surface area (Å²) in [5.74, 6) is -0.0954. The van der Waals surface area contributed by atoms with Crippen LogP contribution in [-0.2, 0) is 11.2 Å². The molecule has 2 N–H and O–H groups in total. The third kappa shape index (κ3) is 6.22. The molecule has 1 fully saturated rings. The van der Waals surface area contributed by atoms with Gasteiger partial charge in [-0.2, -0.15) is 0 Å². The highest BCUT2D eigenvalue weighted by Crippen LogP contribution is 2.20. The van der Waals surface area contributed by atoms with Crippen LogP contribution in [0.15, 0.2) is 41.8 Å². The van der Waals surface area contributed by atoms with Crippen LogP contribution >= 0.6 is 22.9 Å². The number of amides is 3. The Bertz CT molecular complexity index is 784. The summed E-state index contributed by atoms with van der Waals surface area (Å²) in [6, 6.07) is 11.3. The molecule has 0 radical (unpaired) electrons. The molecule has 1 aliphatic rings. The van der Waals surface area contributed by atoms with Gasteiger partial charge in [0, 0.05) is 37.6 Å². The van der Waals surface area contributed by atoms with E-state index in [0.717, 1.165) is 19.4 Å². The van der Waals surface area contributed by atoms with Crippen molar-refractivity contribution in [3.05, 3.63) is 51.7 Å². The Morgan fingerprint density at radius 3 is 2.71 bits per heavy atom. The molecule has 2 aromatic rings. The van der Waals surface area contributed by atoms with E-state index < -0.39 is 0 Å². The van der Waals surface area contributed by atoms with Gasteiger partial charge in [-0.15, -0.1) is 11.3 Å². The minimum Gasteiger partial charge on any atom is -0.338 e. The summed E-state index contributed by atoms with van der Waals surface area (Å²) < 4.78 is 0. The van der Waals surface area contributed by atoms with Crippen molar-refractivity contribution < 1.29 is 9.59 Å². The molecule has 2 heterocycles. The summed E-state index contributed by atoms with van der Waals surface area (Å²) >= 11 is 7.79. The first-order valence-corrected chi connectivity index (χ1v) is 10.7. The van der Waals surface area contributed by atoms with Crippen molar-refractivity contribution in [2.45, 2.75) is 12.8 Å². The van der Waals surface area contributed by atoms with Crippen molar-refractivity contribution in [3.63, 3.8) is 0 Å². The molecule has 0 bridgehead atoms. The number of hydrogen-bond donors (Lipinski definition) is 2. The molecule has 0 spiro atoms. The van der Waals surface area contributed by atoms with E-state index in [-0.39, 0.29) is 11.9 Å². The Balaban J connectivity index is 1.40. The molecule has 1 aliphatic heterocycles. The van der Waals surface area contributed by atoms with Gasteiger partial charge in [0.25, 0.3) is 0 Å². The minimum atomic E-state index is -0.0954. The first-order chi connectivity index (χ1) is 13.6. The van der Waals surface area contributed by atoms with E-state index in [2.05, 4.69) is 21.6 Å². The number of nitrogens with one attached hydrogen (secondary N) is 2. The fourth-order valence-corrected chi connectivity index (χ4v) is 4.04. The molecule has 150 valence electrons. The van der Waals surface area contributed by atoms with Gasteiger partial charge in [-0.05, 0) is 36.4 Å². The zero-order chi connectivity index (χ0) is 19.8. The van der Waals surface area contributed by atoms with Gasteiger partial charge in [0.05, 0.1) is 17.3 Å². The summed E-state index contributed by atoms with van der Waals surface area (Å²) in [6.45, 7) is 3.71. The fourth-order valence-electron chi connectivity index (χ4n) is 3.15. The van der Waals surface area contributed by atoms with Gasteiger partial charge in [-0.3, -0.25) is 9.69 Å². The molecule has 28 heavy (non-hydrogen) atoms. The summed E-state index contributed by atoms with van der Waals surface area (Å²) in [7, 11) is 0. The molecule has 1 saturated heterocycles. The van der Waals surface area contributed by atoms with E-state index in [0.29, 0.717) is 43.4 Å². The highest BCUT2D eigenvalue weighted by molar-refractivity contribution is 7.09. The zero-order valence-electron chi connectivity index (χ0n) is 15.7. The number of carbonyl (C=O) groups excluding carboxylic acids is 2. The highest BCUT2D eigenvalue weighted by atomic mass is 35.5. The van der Waals surface area contributed by atoms with Gasteiger partial charge in [-0.1, -0.05) is 29.8 Å². The SMILES string of the molecule is O=C(CN1CCCN(C(=O)NCCc2cccs2)CC1)Nc1ccccc1Cl. The quantitative estimate of drug-likeness (QED) is 0.753. The van der Waals surface area contributed by atoms with E-state index in [1.807, 2.05) is 28.5 Å². The number of nitrogens with zero attached hydrogens (tertiary/aromatic N) is 2. The lowest BCUT2D eigenvalue weighted by molar-refractivity contribution is -0.117. The second-order valence-electron chi connectivity index (χ2n) is 6.71. The molecule has 0 aliphatic carbocycles. The zero-order valence-corrected chi connectivity index (χ0v) is 17.3. The number of anilines is 1. The standard InChI is InChI=1S/C20H25ClN4O2S/c21-17-6-1-2-7-18(17)23-19(26)15-24-10-4-11-25(13-12-24)20(27)22-9-8-16-5-3-14-28-16/h1-3,5-7,14H,4,8-13,15H2,(H,22,27)(H,23,26). The summed E-state index contributed by atoms with van der Waals surface area (Å²) in [5.41, 5.74) is 0.621. The lowest BCUT2D eigenvalue weighted by Gasteiger charge is -2.22. The van der Waals surface area contributed by atoms with Gasteiger partial charge >= 0.3 is 6.03 Å². The third-order valence-corrected chi connectivity index (χ3v) is 5.88. The maximum Gasteiger partial charge on any atom is 0.317 e. The number of urea groups is 1. The van der Waals surface area contributed by atoms with Crippen molar-refractivity contribution in [2.75, 3.05) is 44.6 Å². The topological polar surface area (TPSA) is 64.7 Å². The fraction of sp³-hybridized carbons (Fsp3) is 0.400. The lowest BCUT2D eigenvalue weighted by Crippen LogP contribution is -2.43. The normalized spacial score (nSPS) is 15.1. The van der Waals surface area contributed by atoms with Crippen LogP contribution in [0.25, 0.3) is 0 Å². The Labute approximate surface area is 174 Å². The van der Waals surface area contributed by atoms with E-state index in [1.165, 1.54) is 4.88 Å². The number of carbonyl (C=O) groups is 2. The van der Waals surface area contributed by atoms with Crippen LogP contribution in [0.2, 0.25) is 5.02 Å². The van der Waals surface area contributed by atoms with Crippen molar-refractivity contribution in [2.24, 2.45) is 0 Å². The van der Waals surface area contributed by atoms with Crippen molar-refractivity contribution in [3.8, 4) is 0 Å². The van der Waals surface area contributed by atoms with Gasteiger partial charge in [0.1, 0.15) is 0 Å². The van der Waals surface area contributed by atoms with Gasteiger partial charge in [0.2, 0.25) is 5.91 Å². The first kappa shape index (κ1) is 20.6. The van der Waals surface area contributed by atoms with E-state index in [4.69, 9.17) is 11.6 Å². The number of para-hydroxylation sites is 1. The minimum absolute atomic E-state index is 0.0288. The van der Waals surface area contributed by atoms with Crippen LogP contribution in [0.4, 0.5) is 10.5 Å². The summed E-state index contributed by atoms with van der Waals surface area (Å²) in [4.78, 5) is 29.9. The number of halogens is 1. The number of hydrogen-bond acceptors (Lipinski definition) is 4. The van der Waals surface area contributed by atoms with Crippen LogP contribution in [0, 0.1) is 0 Å². The second kappa shape index (κ2) is 10.5. The maximum absolute atomic E-state index is 12.4. The molecule has 1 aromatic heterocycles. The van der Waals surface area contributed by atoms with E-state index >= 15 is 0 Å². The van der Waals surface area contributed by atoms with Crippen LogP contribution in [0.5, 0.6) is 0 Å². The molecule has 0 atom stereocenters. The number of thiophene rings is 1. The molecule has 3 amide bonds. The van der Waals surface area contributed by atoms with Crippen molar-refractivity contribution >= 4 is 40.6 Å². The van der Waals surface area contributed by atoms with Crippen LogP contribution in [0.3, 0.4) is 0 Å². The molecular formula is C20H25ClN4O2S. The van der Waals surface area contributed by atoms with E-state index in [9.17, 15) is 9.59 Å². The average Bonchev–Trinajstić information content (AvgIpc) is 3.08. The molecule has 0 unspecified atom stereocenters. The molecule has 3 rings (SSSR count). The average molecular weight is 421 g/mol. The Hall–Kier alpha value is -2.09. The summed E-state index contributed by atoms with van der Waals surface area (Å²) in [6.07, 6.45) is 1.70. The first-order valence-electron chi connectivity index (χ1n) is 9.44. The monoisotopic (exact) mass is 420 g/mol. The predicted molar refractivity (Wildman–Crippen MR) is 114 cm³/mol. The van der Waals surface area contributed by atoms with E-state index in [1.54, 1.807) is 23.5 Å². The number of benzene rings is 1. The molecule has 1 aromatic carbocycles. The van der Waals surface area contributed by atoms with Crippen LogP contribution in [-0.4, -0.2) is 61.0 Å². The van der Waals surface area contributed by atoms with Crippen LogP contribution < -0.4 is 10.6 Å². The van der Waals surface area contributed by atoms with Gasteiger partial charge in [0.15, 0.2) is 0 Å². The molecular weight excluding hydrogens is 396 g/mol. The van der Waals surface area contributed by atoms with Gasteiger partial charge in [-0.25, -0.2) is 4.79 Å². The van der Waals surface area contributed by atoms with Gasteiger partial charge < -0.3 is 15.5 Å². The molecule has 0 saturated carbocycles. The molecule has 8 heteroatoms. The Kier molecular flexibility index (Phi) is 7.71. The Morgan fingerprint density at radius 1 is 1.07 bits per heavy atom. The Morgan fingerprint density at radius 2 is 1.93 bits per heavy atom. The lowest BCUT2D eigenvalue weighted by atomic mass is 10.3. The smallest absolute Gasteiger partial charge is 0.317 e.